The van der Waals surface area contributed by atoms with Crippen LogP contribution in [0.2, 0.25) is 0 Å². The first-order valence-corrected chi connectivity index (χ1v) is 8.56. The molecule has 0 spiro atoms. The molecule has 0 unspecified atom stereocenters. The maximum atomic E-state index is 10.8. The van der Waals surface area contributed by atoms with Gasteiger partial charge in [0, 0.05) is 5.56 Å². The Kier molecular flexibility index (Phi) is 7.34. The predicted octanol–water partition coefficient (Wildman–Crippen LogP) is 5.53. The van der Waals surface area contributed by atoms with Gasteiger partial charge >= 0.3 is 0 Å². The zero-order chi connectivity index (χ0) is 17.2. The molecule has 0 amide bonds. The highest BCUT2D eigenvalue weighted by Gasteiger charge is 1.99. The molecule has 3 nitrogen and oxygen atoms in total. The Balaban J connectivity index is 1.66. The van der Waals surface area contributed by atoms with E-state index in [1.54, 1.807) is 0 Å². The van der Waals surface area contributed by atoms with Crippen LogP contribution in [0.3, 0.4) is 0 Å². The summed E-state index contributed by atoms with van der Waals surface area (Å²) in [5.41, 5.74) is 1.89. The number of aldehydes is 1. The summed E-state index contributed by atoms with van der Waals surface area (Å²) in [4.78, 5) is 10.8. The molecular weight excluding hydrogens is 300 g/mol. The van der Waals surface area contributed by atoms with Crippen molar-refractivity contribution in [3.63, 3.8) is 0 Å². The fourth-order valence-corrected chi connectivity index (χ4v) is 2.46. The van der Waals surface area contributed by atoms with Crippen molar-refractivity contribution in [2.75, 3.05) is 13.2 Å². The molecule has 2 aromatic carbocycles. The zero-order valence-corrected chi connectivity index (χ0v) is 14.6. The topological polar surface area (TPSA) is 35.5 Å². The van der Waals surface area contributed by atoms with Gasteiger partial charge in [-0.1, -0.05) is 18.2 Å². The zero-order valence-electron chi connectivity index (χ0n) is 14.6. The molecule has 0 aliphatic heterocycles. The maximum Gasteiger partial charge on any atom is 0.150 e. The minimum Gasteiger partial charge on any atom is -0.501 e. The Morgan fingerprint density at radius 3 is 2.38 bits per heavy atom. The molecule has 0 saturated carbocycles. The molecule has 0 aliphatic carbocycles. The summed E-state index contributed by atoms with van der Waals surface area (Å²) < 4.78 is 11.2. The molecule has 0 radical (unpaired) electrons. The molecule has 0 aromatic heterocycles. The van der Waals surface area contributed by atoms with E-state index >= 15 is 0 Å². The Labute approximate surface area is 144 Å². The van der Waals surface area contributed by atoms with Crippen LogP contribution in [-0.2, 0) is 4.74 Å². The summed E-state index contributed by atoms with van der Waals surface area (Å²) in [7, 11) is 0. The molecule has 2 rings (SSSR count). The Morgan fingerprint density at radius 1 is 0.917 bits per heavy atom. The van der Waals surface area contributed by atoms with Gasteiger partial charge in [-0.05, 0) is 74.1 Å². The molecule has 24 heavy (non-hydrogen) atoms. The van der Waals surface area contributed by atoms with Crippen LogP contribution >= 0.6 is 0 Å². The standard InChI is InChI=1S/C21H26O3/c1-17(2)16-23-11-5-3-4-6-12-24-21-10-9-19-13-18(15-22)7-8-20(19)14-21/h7-10,13-16H,3-6,11-12H2,1-2H3. The minimum atomic E-state index is 0.699. The average molecular weight is 326 g/mol. The Hall–Kier alpha value is -2.29. The lowest BCUT2D eigenvalue weighted by Gasteiger charge is -2.08. The second kappa shape index (κ2) is 9.76. The van der Waals surface area contributed by atoms with Crippen LogP contribution < -0.4 is 4.74 Å². The number of unbranched alkanes of at least 4 members (excludes halogenated alkanes) is 3. The van der Waals surface area contributed by atoms with Gasteiger partial charge in [-0.15, -0.1) is 0 Å². The van der Waals surface area contributed by atoms with Crippen LogP contribution in [0.15, 0.2) is 48.2 Å². The van der Waals surface area contributed by atoms with Crippen molar-refractivity contribution in [2.45, 2.75) is 39.5 Å². The number of carbonyl (C=O) groups is 1. The molecule has 0 atom stereocenters. The fourth-order valence-electron chi connectivity index (χ4n) is 2.46. The third-order valence-corrected chi connectivity index (χ3v) is 3.72. The van der Waals surface area contributed by atoms with Crippen LogP contribution in [0.1, 0.15) is 49.9 Å². The van der Waals surface area contributed by atoms with Crippen molar-refractivity contribution < 1.29 is 14.3 Å². The lowest BCUT2D eigenvalue weighted by molar-refractivity contribution is 0.112. The number of fused-ring (bicyclic) bond motifs is 1. The summed E-state index contributed by atoms with van der Waals surface area (Å²) in [6.45, 7) is 5.59. The Morgan fingerprint density at radius 2 is 1.62 bits per heavy atom. The van der Waals surface area contributed by atoms with Crippen molar-refractivity contribution in [1.29, 1.82) is 0 Å². The molecule has 0 heterocycles. The van der Waals surface area contributed by atoms with Crippen molar-refractivity contribution in [3.05, 3.63) is 53.8 Å². The monoisotopic (exact) mass is 326 g/mol. The van der Waals surface area contributed by atoms with Crippen LogP contribution in [0.4, 0.5) is 0 Å². The average Bonchev–Trinajstić information content (AvgIpc) is 2.59. The summed E-state index contributed by atoms with van der Waals surface area (Å²) >= 11 is 0. The van der Waals surface area contributed by atoms with Gasteiger partial charge in [-0.25, -0.2) is 0 Å². The van der Waals surface area contributed by atoms with E-state index < -0.39 is 0 Å². The van der Waals surface area contributed by atoms with Crippen molar-refractivity contribution in [1.82, 2.24) is 0 Å². The summed E-state index contributed by atoms with van der Waals surface area (Å²) in [6.07, 6.45) is 7.12. The van der Waals surface area contributed by atoms with Gasteiger partial charge in [0.2, 0.25) is 0 Å². The van der Waals surface area contributed by atoms with E-state index in [1.807, 2.05) is 56.5 Å². The van der Waals surface area contributed by atoms with Crippen LogP contribution in [-0.4, -0.2) is 19.5 Å². The number of hydrogen-bond acceptors (Lipinski definition) is 3. The summed E-state index contributed by atoms with van der Waals surface area (Å²) in [5.74, 6) is 0.883. The molecule has 0 fully saturated rings. The first kappa shape index (κ1) is 18.1. The van der Waals surface area contributed by atoms with Crippen LogP contribution in [0.25, 0.3) is 10.8 Å². The van der Waals surface area contributed by atoms with E-state index in [2.05, 4.69) is 0 Å². The van der Waals surface area contributed by atoms with Gasteiger partial charge in [-0.3, -0.25) is 4.79 Å². The molecule has 0 N–H and O–H groups in total. The molecular formula is C21H26O3. The molecule has 0 saturated heterocycles. The van der Waals surface area contributed by atoms with E-state index in [-0.39, 0.29) is 0 Å². The largest absolute Gasteiger partial charge is 0.501 e. The highest BCUT2D eigenvalue weighted by molar-refractivity contribution is 5.89. The lowest BCUT2D eigenvalue weighted by Crippen LogP contribution is -1.98. The Bertz CT molecular complexity index is 685. The number of ether oxygens (including phenoxy) is 2. The number of rotatable bonds is 10. The number of hydrogen-bond donors (Lipinski definition) is 0. The van der Waals surface area contributed by atoms with Crippen molar-refractivity contribution in [2.24, 2.45) is 0 Å². The number of allylic oxidation sites excluding steroid dienone is 1. The predicted molar refractivity (Wildman–Crippen MR) is 98.7 cm³/mol. The fraction of sp³-hybridized carbons (Fsp3) is 0.381. The lowest BCUT2D eigenvalue weighted by atomic mass is 10.1. The highest BCUT2D eigenvalue weighted by Crippen LogP contribution is 2.22. The minimum absolute atomic E-state index is 0.699. The highest BCUT2D eigenvalue weighted by atomic mass is 16.5. The van der Waals surface area contributed by atoms with Crippen LogP contribution in [0, 0.1) is 0 Å². The molecule has 128 valence electrons. The second-order valence-corrected chi connectivity index (χ2v) is 6.21. The smallest absolute Gasteiger partial charge is 0.150 e. The van der Waals surface area contributed by atoms with E-state index in [0.717, 1.165) is 61.7 Å². The second-order valence-electron chi connectivity index (χ2n) is 6.21. The van der Waals surface area contributed by atoms with Gasteiger partial charge in [0.1, 0.15) is 12.0 Å². The van der Waals surface area contributed by atoms with Crippen molar-refractivity contribution >= 4 is 17.1 Å². The van der Waals surface area contributed by atoms with Crippen LogP contribution in [0.5, 0.6) is 5.75 Å². The molecule has 0 bridgehead atoms. The van der Waals surface area contributed by atoms with Crippen molar-refractivity contribution in [3.8, 4) is 5.75 Å². The van der Waals surface area contributed by atoms with Gasteiger partial charge in [0.15, 0.2) is 0 Å². The molecule has 2 aromatic rings. The quantitative estimate of drug-likeness (QED) is 0.327. The first-order chi connectivity index (χ1) is 11.7. The summed E-state index contributed by atoms with van der Waals surface area (Å²) in [6, 6.07) is 11.7. The number of carbonyl (C=O) groups excluding carboxylic acids is 1. The SMILES string of the molecule is CC(C)=COCCCCCCOc1ccc2cc(C=O)ccc2c1. The third-order valence-electron chi connectivity index (χ3n) is 3.72. The summed E-state index contributed by atoms with van der Waals surface area (Å²) in [5, 5.41) is 2.15. The van der Waals surface area contributed by atoms with Gasteiger partial charge < -0.3 is 9.47 Å². The molecule has 0 aliphatic rings. The van der Waals surface area contributed by atoms with E-state index in [0.29, 0.717) is 5.56 Å². The van der Waals surface area contributed by atoms with E-state index in [4.69, 9.17) is 9.47 Å². The number of benzene rings is 2. The van der Waals surface area contributed by atoms with Gasteiger partial charge in [0.25, 0.3) is 0 Å². The van der Waals surface area contributed by atoms with E-state index in [9.17, 15) is 4.79 Å². The maximum absolute atomic E-state index is 10.8. The van der Waals surface area contributed by atoms with E-state index in [1.165, 1.54) is 5.57 Å². The first-order valence-electron chi connectivity index (χ1n) is 8.56. The normalized spacial score (nSPS) is 10.4. The van der Waals surface area contributed by atoms with Gasteiger partial charge in [0.05, 0.1) is 19.5 Å². The third kappa shape index (κ3) is 6.07. The molecule has 3 heteroatoms. The van der Waals surface area contributed by atoms with Gasteiger partial charge in [-0.2, -0.15) is 0 Å².